The van der Waals surface area contributed by atoms with Crippen LogP contribution in [0.4, 0.5) is 0 Å². The lowest BCUT2D eigenvalue weighted by Crippen LogP contribution is -2.52. The van der Waals surface area contributed by atoms with Crippen LogP contribution in [-0.2, 0) is 10.0 Å². The van der Waals surface area contributed by atoms with Gasteiger partial charge >= 0.3 is 0 Å². The molecule has 0 spiro atoms. The fraction of sp³-hybridized carbons (Fsp3) is 0.769. The summed E-state index contributed by atoms with van der Waals surface area (Å²) >= 11 is 0. The van der Waals surface area contributed by atoms with Crippen molar-refractivity contribution < 1.29 is 8.42 Å². The van der Waals surface area contributed by atoms with Gasteiger partial charge in [0.2, 0.25) is 0 Å². The summed E-state index contributed by atoms with van der Waals surface area (Å²) in [5, 5.41) is 6.60. The van der Waals surface area contributed by atoms with Gasteiger partial charge in [-0.25, -0.2) is 8.42 Å². The molecule has 0 bridgehead atoms. The molecule has 2 aliphatic rings. The third kappa shape index (κ3) is 2.21. The van der Waals surface area contributed by atoms with Crippen LogP contribution < -0.4 is 0 Å². The van der Waals surface area contributed by atoms with Gasteiger partial charge in [0.15, 0.2) is 5.03 Å². The summed E-state index contributed by atoms with van der Waals surface area (Å²) in [6.45, 7) is 2.91. The summed E-state index contributed by atoms with van der Waals surface area (Å²) in [7, 11) is -3.40. The third-order valence-electron chi connectivity index (χ3n) is 4.75. The highest BCUT2D eigenvalue weighted by molar-refractivity contribution is 7.89. The van der Waals surface area contributed by atoms with Crippen LogP contribution in [0.1, 0.15) is 39.0 Å². The molecule has 1 saturated heterocycles. The Morgan fingerprint density at radius 3 is 2.84 bits per heavy atom. The summed E-state index contributed by atoms with van der Waals surface area (Å²) in [5.74, 6) is 1.17. The Bertz CT molecular complexity index is 526. The molecule has 0 amide bonds. The van der Waals surface area contributed by atoms with Gasteiger partial charge in [-0.15, -0.1) is 0 Å². The summed E-state index contributed by atoms with van der Waals surface area (Å²) < 4.78 is 27.1. The van der Waals surface area contributed by atoms with Crippen molar-refractivity contribution in [3.63, 3.8) is 0 Å². The van der Waals surface area contributed by atoms with Gasteiger partial charge in [-0.2, -0.15) is 9.40 Å². The first kappa shape index (κ1) is 13.1. The second kappa shape index (κ2) is 4.90. The average Bonchev–Trinajstić information content (AvgIpc) is 2.94. The number of rotatable bonds is 2. The monoisotopic (exact) mass is 283 g/mol. The maximum absolute atomic E-state index is 12.7. The van der Waals surface area contributed by atoms with E-state index in [1.54, 1.807) is 10.4 Å². The van der Waals surface area contributed by atoms with Crippen molar-refractivity contribution in [2.75, 3.05) is 6.54 Å². The first-order chi connectivity index (χ1) is 9.10. The largest absolute Gasteiger partial charge is 0.266 e. The second-order valence-corrected chi connectivity index (χ2v) is 7.68. The van der Waals surface area contributed by atoms with Crippen molar-refractivity contribution in [3.05, 3.63) is 12.3 Å². The molecule has 1 aliphatic carbocycles. The molecule has 3 unspecified atom stereocenters. The smallest absolute Gasteiger partial charge is 0.260 e. The predicted octanol–water partition coefficient (Wildman–Crippen LogP) is 2.00. The van der Waals surface area contributed by atoms with Crippen LogP contribution in [0.25, 0.3) is 0 Å². The molecule has 1 N–H and O–H groups in total. The fourth-order valence-electron chi connectivity index (χ4n) is 3.68. The van der Waals surface area contributed by atoms with Gasteiger partial charge in [0, 0.05) is 12.6 Å². The van der Waals surface area contributed by atoms with Gasteiger partial charge in [-0.05, 0) is 37.2 Å². The highest BCUT2D eigenvalue weighted by Gasteiger charge is 2.43. The van der Waals surface area contributed by atoms with Crippen LogP contribution in [0.2, 0.25) is 0 Å². The molecule has 0 aromatic carbocycles. The molecule has 2 fully saturated rings. The van der Waals surface area contributed by atoms with Crippen LogP contribution in [0.3, 0.4) is 0 Å². The van der Waals surface area contributed by atoms with Gasteiger partial charge in [-0.3, -0.25) is 5.10 Å². The standard InChI is InChI=1S/C13H21N3O2S/c1-10-7-9-16(12-5-3-2-4-11(10)12)19(17,18)13-6-8-14-15-13/h6,8,10-12H,2-5,7,9H2,1H3,(H,14,15). The Morgan fingerprint density at radius 1 is 1.32 bits per heavy atom. The second-order valence-electron chi connectivity index (χ2n) is 5.82. The molecule has 19 heavy (non-hydrogen) atoms. The lowest BCUT2D eigenvalue weighted by atomic mass is 9.74. The Hall–Kier alpha value is -0.880. The zero-order valence-corrected chi connectivity index (χ0v) is 12.1. The number of piperidine rings is 1. The third-order valence-corrected chi connectivity index (χ3v) is 6.60. The highest BCUT2D eigenvalue weighted by Crippen LogP contribution is 2.40. The molecule has 3 rings (SSSR count). The van der Waals surface area contributed by atoms with E-state index in [1.165, 1.54) is 19.0 Å². The number of hydrogen-bond acceptors (Lipinski definition) is 3. The number of nitrogens with zero attached hydrogens (tertiary/aromatic N) is 2. The Morgan fingerprint density at radius 2 is 2.11 bits per heavy atom. The van der Waals surface area contributed by atoms with Gasteiger partial charge in [0.25, 0.3) is 10.0 Å². The summed E-state index contributed by atoms with van der Waals surface area (Å²) in [6, 6.07) is 1.73. The lowest BCUT2D eigenvalue weighted by Gasteiger charge is -2.46. The maximum atomic E-state index is 12.7. The normalized spacial score (nSPS) is 33.0. The Labute approximate surface area is 114 Å². The zero-order valence-electron chi connectivity index (χ0n) is 11.2. The summed E-state index contributed by atoms with van der Waals surface area (Å²) in [6.07, 6.45) is 7.02. The molecular weight excluding hydrogens is 262 g/mol. The van der Waals surface area contributed by atoms with E-state index in [0.29, 0.717) is 18.4 Å². The molecule has 1 aromatic heterocycles. The van der Waals surface area contributed by atoms with Crippen LogP contribution in [0.15, 0.2) is 17.3 Å². The number of fused-ring (bicyclic) bond motifs is 1. The van der Waals surface area contributed by atoms with Crippen molar-refractivity contribution in [2.45, 2.75) is 50.1 Å². The predicted molar refractivity (Wildman–Crippen MR) is 72.0 cm³/mol. The molecule has 1 aliphatic heterocycles. The van der Waals surface area contributed by atoms with Gasteiger partial charge < -0.3 is 0 Å². The molecule has 6 heteroatoms. The first-order valence-corrected chi connectivity index (χ1v) is 8.56. The minimum atomic E-state index is -3.40. The number of H-pyrrole nitrogens is 1. The van der Waals surface area contributed by atoms with Crippen molar-refractivity contribution in [2.24, 2.45) is 11.8 Å². The number of nitrogens with one attached hydrogen (secondary N) is 1. The van der Waals surface area contributed by atoms with E-state index in [-0.39, 0.29) is 11.1 Å². The molecule has 5 nitrogen and oxygen atoms in total. The molecule has 0 radical (unpaired) electrons. The number of hydrogen-bond donors (Lipinski definition) is 1. The van der Waals surface area contributed by atoms with E-state index in [1.807, 2.05) is 0 Å². The van der Waals surface area contributed by atoms with E-state index in [4.69, 9.17) is 0 Å². The van der Waals surface area contributed by atoms with E-state index in [0.717, 1.165) is 19.3 Å². The summed E-state index contributed by atoms with van der Waals surface area (Å²) in [5.41, 5.74) is 0. The van der Waals surface area contributed by atoms with Crippen molar-refractivity contribution in [1.29, 1.82) is 0 Å². The topological polar surface area (TPSA) is 66.1 Å². The van der Waals surface area contributed by atoms with Crippen LogP contribution >= 0.6 is 0 Å². The number of aromatic amines is 1. The Balaban J connectivity index is 1.92. The molecule has 1 saturated carbocycles. The molecule has 3 atom stereocenters. The average molecular weight is 283 g/mol. The van der Waals surface area contributed by atoms with E-state index in [9.17, 15) is 8.42 Å². The van der Waals surface area contributed by atoms with Crippen LogP contribution in [0, 0.1) is 11.8 Å². The number of aromatic nitrogens is 2. The molecular formula is C13H21N3O2S. The minimum absolute atomic E-state index is 0.186. The first-order valence-electron chi connectivity index (χ1n) is 7.12. The quantitative estimate of drug-likeness (QED) is 0.902. The van der Waals surface area contributed by atoms with Gasteiger partial charge in [0.05, 0.1) is 6.20 Å². The van der Waals surface area contributed by atoms with Gasteiger partial charge in [-0.1, -0.05) is 19.8 Å². The summed E-state index contributed by atoms with van der Waals surface area (Å²) in [4.78, 5) is 0. The van der Waals surface area contributed by atoms with E-state index < -0.39 is 10.0 Å². The van der Waals surface area contributed by atoms with Crippen molar-refractivity contribution >= 4 is 10.0 Å². The van der Waals surface area contributed by atoms with E-state index >= 15 is 0 Å². The Kier molecular flexibility index (Phi) is 3.39. The highest BCUT2D eigenvalue weighted by atomic mass is 32.2. The SMILES string of the molecule is CC1CCN(S(=O)(=O)c2ccn[nH]2)C2CCCCC12. The van der Waals surface area contributed by atoms with E-state index in [2.05, 4.69) is 17.1 Å². The van der Waals surface area contributed by atoms with Crippen LogP contribution in [-0.4, -0.2) is 35.5 Å². The maximum Gasteiger partial charge on any atom is 0.260 e. The molecule has 106 valence electrons. The van der Waals surface area contributed by atoms with Crippen molar-refractivity contribution in [1.82, 2.24) is 14.5 Å². The van der Waals surface area contributed by atoms with Crippen molar-refractivity contribution in [3.8, 4) is 0 Å². The lowest BCUT2D eigenvalue weighted by molar-refractivity contribution is 0.0825. The van der Waals surface area contributed by atoms with Crippen LogP contribution in [0.5, 0.6) is 0 Å². The number of sulfonamides is 1. The molecule has 1 aromatic rings. The molecule has 2 heterocycles. The van der Waals surface area contributed by atoms with Gasteiger partial charge in [0.1, 0.15) is 0 Å². The fourth-order valence-corrected chi connectivity index (χ4v) is 5.30. The minimum Gasteiger partial charge on any atom is -0.266 e. The zero-order chi connectivity index (χ0) is 13.5.